The summed E-state index contributed by atoms with van der Waals surface area (Å²) in [5.74, 6) is 0. The molecule has 0 aromatic carbocycles. The summed E-state index contributed by atoms with van der Waals surface area (Å²) in [6.07, 6.45) is 0.577. The number of hydrogen-bond donors (Lipinski definition) is 2. The highest BCUT2D eigenvalue weighted by molar-refractivity contribution is 4.84. The molecule has 1 aliphatic heterocycles. The molecule has 1 aliphatic rings. The summed E-state index contributed by atoms with van der Waals surface area (Å²) in [7, 11) is 0. The molecular weight excluding hydrogens is 164 g/mol. The van der Waals surface area contributed by atoms with Gasteiger partial charge in [0.05, 0.1) is 6.10 Å². The number of nitrogens with zero attached hydrogens (tertiary/aromatic N) is 1. The van der Waals surface area contributed by atoms with Gasteiger partial charge in [-0.25, -0.2) is 0 Å². The first-order valence-electron chi connectivity index (χ1n) is 5.04. The predicted molar refractivity (Wildman–Crippen MR) is 54.5 cm³/mol. The second-order valence-corrected chi connectivity index (χ2v) is 5.32. The van der Waals surface area contributed by atoms with E-state index in [9.17, 15) is 5.11 Å². The molecule has 0 saturated carbocycles. The van der Waals surface area contributed by atoms with E-state index in [-0.39, 0.29) is 12.1 Å². The summed E-state index contributed by atoms with van der Waals surface area (Å²) in [6.45, 7) is 9.44. The van der Waals surface area contributed by atoms with Gasteiger partial charge in [0.1, 0.15) is 0 Å². The molecule has 0 bridgehead atoms. The summed E-state index contributed by atoms with van der Waals surface area (Å²) in [6, 6.07) is -0.0174. The van der Waals surface area contributed by atoms with E-state index in [1.807, 2.05) is 0 Å². The number of nitrogens with two attached hydrogens (primary N) is 1. The van der Waals surface area contributed by atoms with Gasteiger partial charge in [-0.2, -0.15) is 0 Å². The summed E-state index contributed by atoms with van der Waals surface area (Å²) in [4.78, 5) is 2.30. The van der Waals surface area contributed by atoms with Crippen molar-refractivity contribution in [2.75, 3.05) is 19.6 Å². The predicted octanol–water partition coefficient (Wildman–Crippen LogP) is 0.426. The maximum atomic E-state index is 9.58. The van der Waals surface area contributed by atoms with E-state index in [0.717, 1.165) is 26.1 Å². The van der Waals surface area contributed by atoms with Crippen molar-refractivity contribution in [3.8, 4) is 0 Å². The fraction of sp³-hybridized carbons (Fsp3) is 1.00. The molecular formula is C10H22N2O. The van der Waals surface area contributed by atoms with Crippen molar-refractivity contribution in [3.63, 3.8) is 0 Å². The van der Waals surface area contributed by atoms with Crippen LogP contribution in [0.15, 0.2) is 0 Å². The molecule has 1 heterocycles. The van der Waals surface area contributed by atoms with E-state index >= 15 is 0 Å². The molecule has 3 heteroatoms. The topological polar surface area (TPSA) is 49.5 Å². The Bertz CT molecular complexity index is 165. The normalized spacial score (nSPS) is 32.1. The van der Waals surface area contributed by atoms with E-state index < -0.39 is 0 Å². The molecule has 13 heavy (non-hydrogen) atoms. The highest BCUT2D eigenvalue weighted by atomic mass is 16.3. The lowest BCUT2D eigenvalue weighted by atomic mass is 9.93. The molecule has 3 N–H and O–H groups in total. The zero-order valence-electron chi connectivity index (χ0n) is 8.95. The van der Waals surface area contributed by atoms with Crippen molar-refractivity contribution in [2.45, 2.75) is 39.3 Å². The summed E-state index contributed by atoms with van der Waals surface area (Å²) < 4.78 is 0. The lowest BCUT2D eigenvalue weighted by Gasteiger charge is -2.37. The van der Waals surface area contributed by atoms with Crippen LogP contribution in [0.4, 0.5) is 0 Å². The van der Waals surface area contributed by atoms with E-state index in [2.05, 4.69) is 25.7 Å². The third kappa shape index (κ3) is 3.63. The third-order valence-corrected chi connectivity index (χ3v) is 2.42. The zero-order chi connectivity index (χ0) is 10.1. The van der Waals surface area contributed by atoms with Gasteiger partial charge in [-0.05, 0) is 18.4 Å². The minimum absolute atomic E-state index is 0.0174. The monoisotopic (exact) mass is 186 g/mol. The Kier molecular flexibility index (Phi) is 3.33. The first-order chi connectivity index (χ1) is 5.88. The Balaban J connectivity index is 2.38. The number of aliphatic hydroxyl groups is 1. The standard InChI is InChI=1S/C10H22N2O/c1-10(2,3)7-12-5-4-8(11)9(13)6-12/h8-9,13H,4-7,11H2,1-3H3/t8-,9-/m1/s1. The lowest BCUT2D eigenvalue weighted by Crippen LogP contribution is -2.52. The molecule has 3 nitrogen and oxygen atoms in total. The summed E-state index contributed by atoms with van der Waals surface area (Å²) in [5, 5.41) is 9.58. The van der Waals surface area contributed by atoms with Gasteiger partial charge in [-0.1, -0.05) is 20.8 Å². The van der Waals surface area contributed by atoms with Gasteiger partial charge < -0.3 is 15.7 Å². The minimum atomic E-state index is -0.337. The molecule has 1 rings (SSSR count). The quantitative estimate of drug-likeness (QED) is 0.624. The van der Waals surface area contributed by atoms with Gasteiger partial charge in [0.2, 0.25) is 0 Å². The maximum absolute atomic E-state index is 9.58. The van der Waals surface area contributed by atoms with Crippen LogP contribution < -0.4 is 5.73 Å². The van der Waals surface area contributed by atoms with Crippen LogP contribution in [-0.2, 0) is 0 Å². The van der Waals surface area contributed by atoms with Crippen LogP contribution >= 0.6 is 0 Å². The third-order valence-electron chi connectivity index (χ3n) is 2.42. The van der Waals surface area contributed by atoms with Crippen LogP contribution in [0.5, 0.6) is 0 Å². The van der Waals surface area contributed by atoms with Crippen LogP contribution in [-0.4, -0.2) is 41.8 Å². The van der Waals surface area contributed by atoms with Crippen LogP contribution in [0.1, 0.15) is 27.2 Å². The van der Waals surface area contributed by atoms with Gasteiger partial charge in [0, 0.05) is 19.1 Å². The van der Waals surface area contributed by atoms with Crippen molar-refractivity contribution in [2.24, 2.45) is 11.1 Å². The summed E-state index contributed by atoms with van der Waals surface area (Å²) in [5.41, 5.74) is 6.03. The minimum Gasteiger partial charge on any atom is -0.390 e. The molecule has 0 aromatic rings. The second-order valence-electron chi connectivity index (χ2n) is 5.32. The fourth-order valence-electron chi connectivity index (χ4n) is 1.83. The fourth-order valence-corrected chi connectivity index (χ4v) is 1.83. The van der Waals surface area contributed by atoms with Crippen LogP contribution in [0.3, 0.4) is 0 Å². The van der Waals surface area contributed by atoms with Gasteiger partial charge in [-0.3, -0.25) is 0 Å². The Labute approximate surface area is 80.9 Å². The lowest BCUT2D eigenvalue weighted by molar-refractivity contribution is 0.0385. The molecule has 0 aliphatic carbocycles. The SMILES string of the molecule is CC(C)(C)CN1CC[C@@H](N)[C@H](O)C1. The van der Waals surface area contributed by atoms with E-state index in [1.54, 1.807) is 0 Å². The molecule has 78 valence electrons. The number of piperidine rings is 1. The van der Waals surface area contributed by atoms with Crippen molar-refractivity contribution >= 4 is 0 Å². The van der Waals surface area contributed by atoms with Crippen LogP contribution in [0.2, 0.25) is 0 Å². The first kappa shape index (κ1) is 11.0. The molecule has 1 saturated heterocycles. The number of rotatable bonds is 1. The van der Waals surface area contributed by atoms with Crippen LogP contribution in [0, 0.1) is 5.41 Å². The largest absolute Gasteiger partial charge is 0.390 e. The van der Waals surface area contributed by atoms with Crippen LogP contribution in [0.25, 0.3) is 0 Å². The molecule has 0 radical (unpaired) electrons. The number of likely N-dealkylation sites (tertiary alicyclic amines) is 1. The zero-order valence-corrected chi connectivity index (χ0v) is 8.95. The van der Waals surface area contributed by atoms with Gasteiger partial charge in [0.15, 0.2) is 0 Å². The highest BCUT2D eigenvalue weighted by Crippen LogP contribution is 2.18. The molecule has 0 amide bonds. The number of β-amino-alcohol motifs (C(OH)–C–C–N with tert-alkyl or cyclic N) is 1. The Morgan fingerprint density at radius 1 is 1.46 bits per heavy atom. The van der Waals surface area contributed by atoms with Crippen molar-refractivity contribution < 1.29 is 5.11 Å². The Hall–Kier alpha value is -0.120. The average Bonchev–Trinajstić information content (AvgIpc) is 1.94. The van der Waals surface area contributed by atoms with Gasteiger partial charge >= 0.3 is 0 Å². The van der Waals surface area contributed by atoms with Gasteiger partial charge in [0.25, 0.3) is 0 Å². The molecule has 0 aromatic heterocycles. The second kappa shape index (κ2) is 3.95. The summed E-state index contributed by atoms with van der Waals surface area (Å²) >= 11 is 0. The first-order valence-corrected chi connectivity index (χ1v) is 5.04. The van der Waals surface area contributed by atoms with E-state index in [4.69, 9.17) is 5.73 Å². The average molecular weight is 186 g/mol. The molecule has 2 atom stereocenters. The van der Waals surface area contributed by atoms with E-state index in [0.29, 0.717) is 5.41 Å². The molecule has 1 fully saturated rings. The number of aliphatic hydroxyl groups excluding tert-OH is 1. The maximum Gasteiger partial charge on any atom is 0.0818 e. The van der Waals surface area contributed by atoms with E-state index in [1.165, 1.54) is 0 Å². The van der Waals surface area contributed by atoms with Crippen molar-refractivity contribution in [3.05, 3.63) is 0 Å². The Morgan fingerprint density at radius 3 is 2.54 bits per heavy atom. The number of hydrogen-bond acceptors (Lipinski definition) is 3. The molecule has 0 unspecified atom stereocenters. The van der Waals surface area contributed by atoms with Crippen molar-refractivity contribution in [1.82, 2.24) is 4.90 Å². The smallest absolute Gasteiger partial charge is 0.0818 e. The van der Waals surface area contributed by atoms with Gasteiger partial charge in [-0.15, -0.1) is 0 Å². The highest BCUT2D eigenvalue weighted by Gasteiger charge is 2.26. The molecule has 0 spiro atoms. The Morgan fingerprint density at radius 2 is 2.08 bits per heavy atom. The van der Waals surface area contributed by atoms with Crippen molar-refractivity contribution in [1.29, 1.82) is 0 Å².